The zero-order chi connectivity index (χ0) is 23.4. The Labute approximate surface area is 194 Å². The smallest absolute Gasteiger partial charge is 0.246 e. The molecule has 1 saturated heterocycles. The molecule has 34 heavy (non-hydrogen) atoms. The van der Waals surface area contributed by atoms with Crippen LogP contribution in [0.4, 0.5) is 10.2 Å². The van der Waals surface area contributed by atoms with E-state index in [9.17, 15) is 9.18 Å². The van der Waals surface area contributed by atoms with Gasteiger partial charge in [0.05, 0.1) is 34.4 Å². The molecule has 1 aliphatic carbocycles. The van der Waals surface area contributed by atoms with Gasteiger partial charge in [-0.05, 0) is 37.3 Å². The van der Waals surface area contributed by atoms with Crippen molar-refractivity contribution < 1.29 is 9.18 Å². The summed E-state index contributed by atoms with van der Waals surface area (Å²) in [4.78, 5) is 26.6. The molecule has 0 spiro atoms. The summed E-state index contributed by atoms with van der Waals surface area (Å²) in [5.74, 6) is 5.58. The Morgan fingerprint density at radius 2 is 2.03 bits per heavy atom. The minimum absolute atomic E-state index is 0.0873. The number of hydrogen-bond acceptors (Lipinski definition) is 6. The number of carbonyl (C=O) groups excluding carboxylic acids is 1. The molecular formula is C24H21FN8O. The molecule has 0 bridgehead atoms. The fourth-order valence-electron chi connectivity index (χ4n) is 4.52. The fourth-order valence-corrected chi connectivity index (χ4v) is 4.52. The van der Waals surface area contributed by atoms with Gasteiger partial charge in [0.15, 0.2) is 5.65 Å². The van der Waals surface area contributed by atoms with E-state index in [4.69, 9.17) is 5.73 Å². The lowest BCUT2D eigenvalue weighted by molar-refractivity contribution is -0.125. The van der Waals surface area contributed by atoms with Gasteiger partial charge in [-0.25, -0.2) is 24.0 Å². The van der Waals surface area contributed by atoms with Crippen LogP contribution in [0, 0.1) is 17.7 Å². The number of anilines is 1. The van der Waals surface area contributed by atoms with E-state index in [0.717, 1.165) is 18.4 Å². The van der Waals surface area contributed by atoms with Crippen molar-refractivity contribution in [3.05, 3.63) is 54.5 Å². The summed E-state index contributed by atoms with van der Waals surface area (Å²) in [5, 5.41) is 5.17. The van der Waals surface area contributed by atoms with Gasteiger partial charge in [0.1, 0.15) is 23.7 Å². The monoisotopic (exact) mass is 456 g/mol. The Morgan fingerprint density at radius 3 is 2.82 bits per heavy atom. The van der Waals surface area contributed by atoms with Gasteiger partial charge in [0.25, 0.3) is 0 Å². The molecule has 2 fully saturated rings. The minimum atomic E-state index is -0.412. The predicted molar refractivity (Wildman–Crippen MR) is 124 cm³/mol. The van der Waals surface area contributed by atoms with Gasteiger partial charge in [-0.2, -0.15) is 5.10 Å². The summed E-state index contributed by atoms with van der Waals surface area (Å²) < 4.78 is 18.7. The highest BCUT2D eigenvalue weighted by Gasteiger charge is 2.29. The SMILES string of the molecule is C=CC(=O)N1CC[C@H](n2nc(C#Cc3cc4ncn(C5CC5)c4cc3F)c3c(N)ncnc32)C1. The molecule has 1 aromatic carbocycles. The number of carbonyl (C=O) groups is 1. The fraction of sp³-hybridized carbons (Fsp3) is 0.292. The summed E-state index contributed by atoms with van der Waals surface area (Å²) in [7, 11) is 0. The molecule has 3 aromatic heterocycles. The van der Waals surface area contributed by atoms with Gasteiger partial charge in [-0.3, -0.25) is 4.79 Å². The molecule has 4 heterocycles. The van der Waals surface area contributed by atoms with Crippen LogP contribution in [-0.2, 0) is 4.79 Å². The standard InChI is InChI=1S/C24H21FN8O/c1-2-21(34)31-8-7-16(11-31)33-24-22(23(26)27-12-28-24)18(30-33)6-3-14-9-19-20(10-17(14)25)32(13-29-19)15-4-5-15/h2,9-10,12-13,15-16H,1,4-5,7-8,11H2,(H2,26,27,28)/t16-/m0/s1. The number of halogens is 1. The van der Waals surface area contributed by atoms with Crippen molar-refractivity contribution in [2.75, 3.05) is 18.8 Å². The first-order valence-electron chi connectivity index (χ1n) is 11.1. The largest absolute Gasteiger partial charge is 0.383 e. The first kappa shape index (κ1) is 20.4. The first-order chi connectivity index (χ1) is 16.5. The Morgan fingerprint density at radius 1 is 1.18 bits per heavy atom. The van der Waals surface area contributed by atoms with Gasteiger partial charge in [-0.15, -0.1) is 0 Å². The maximum absolute atomic E-state index is 14.9. The van der Waals surface area contributed by atoms with Crippen LogP contribution in [0.15, 0.2) is 37.4 Å². The number of likely N-dealkylation sites (tertiary alicyclic amines) is 1. The Balaban J connectivity index is 1.39. The number of nitrogens with two attached hydrogens (primary N) is 1. The molecule has 9 nitrogen and oxygen atoms in total. The summed E-state index contributed by atoms with van der Waals surface area (Å²) in [6.07, 6.45) is 7.33. The third-order valence-electron chi connectivity index (χ3n) is 6.43. The average Bonchev–Trinajstić information content (AvgIpc) is 3.25. The summed E-state index contributed by atoms with van der Waals surface area (Å²) in [5.41, 5.74) is 8.75. The number of fused-ring (bicyclic) bond motifs is 2. The van der Waals surface area contributed by atoms with E-state index in [0.29, 0.717) is 47.8 Å². The molecule has 4 aromatic rings. The lowest BCUT2D eigenvalue weighted by atomic mass is 10.1. The number of aromatic nitrogens is 6. The Bertz CT molecular complexity index is 1540. The maximum Gasteiger partial charge on any atom is 0.246 e. The molecule has 2 aliphatic rings. The molecule has 2 N–H and O–H groups in total. The summed E-state index contributed by atoms with van der Waals surface area (Å²) >= 11 is 0. The summed E-state index contributed by atoms with van der Waals surface area (Å²) in [6.45, 7) is 4.63. The highest BCUT2D eigenvalue weighted by atomic mass is 19.1. The molecule has 0 radical (unpaired) electrons. The molecule has 1 aliphatic heterocycles. The number of hydrogen-bond donors (Lipinski definition) is 1. The average molecular weight is 456 g/mol. The van der Waals surface area contributed by atoms with Crippen LogP contribution in [0.3, 0.4) is 0 Å². The van der Waals surface area contributed by atoms with Crippen molar-refractivity contribution in [3.63, 3.8) is 0 Å². The molecule has 10 heteroatoms. The van der Waals surface area contributed by atoms with Crippen LogP contribution in [0.1, 0.15) is 42.6 Å². The van der Waals surface area contributed by atoms with E-state index in [1.165, 1.54) is 18.5 Å². The van der Waals surface area contributed by atoms with Crippen molar-refractivity contribution in [2.45, 2.75) is 31.3 Å². The van der Waals surface area contributed by atoms with Crippen molar-refractivity contribution in [2.24, 2.45) is 0 Å². The van der Waals surface area contributed by atoms with Crippen LogP contribution in [-0.4, -0.2) is 53.2 Å². The molecule has 170 valence electrons. The van der Waals surface area contributed by atoms with E-state index in [2.05, 4.69) is 38.5 Å². The molecule has 1 saturated carbocycles. The Hall–Kier alpha value is -4.26. The topological polar surface area (TPSA) is 108 Å². The number of nitrogen functional groups attached to an aromatic ring is 1. The van der Waals surface area contributed by atoms with Gasteiger partial charge in [0, 0.05) is 25.2 Å². The quantitative estimate of drug-likeness (QED) is 0.375. The van der Waals surface area contributed by atoms with E-state index in [-0.39, 0.29) is 23.3 Å². The third-order valence-corrected chi connectivity index (χ3v) is 6.43. The number of amides is 1. The van der Waals surface area contributed by atoms with Gasteiger partial charge in [0.2, 0.25) is 5.91 Å². The third kappa shape index (κ3) is 3.28. The molecule has 1 atom stereocenters. The van der Waals surface area contributed by atoms with E-state index >= 15 is 0 Å². The van der Waals surface area contributed by atoms with Crippen molar-refractivity contribution >= 4 is 33.8 Å². The number of imidazole rings is 1. The Kier molecular flexibility index (Phi) is 4.58. The van der Waals surface area contributed by atoms with E-state index in [1.54, 1.807) is 22.0 Å². The maximum atomic E-state index is 14.9. The zero-order valence-electron chi connectivity index (χ0n) is 18.3. The van der Waals surface area contributed by atoms with Crippen LogP contribution in [0.5, 0.6) is 0 Å². The predicted octanol–water partition coefficient (Wildman–Crippen LogP) is 2.59. The number of rotatable bonds is 3. The molecular weight excluding hydrogens is 435 g/mol. The second-order valence-electron chi connectivity index (χ2n) is 8.64. The van der Waals surface area contributed by atoms with Crippen LogP contribution in [0.25, 0.3) is 22.1 Å². The summed E-state index contributed by atoms with van der Waals surface area (Å²) in [6, 6.07) is 3.47. The van der Waals surface area contributed by atoms with Crippen LogP contribution in [0.2, 0.25) is 0 Å². The van der Waals surface area contributed by atoms with Crippen LogP contribution < -0.4 is 5.73 Å². The zero-order valence-corrected chi connectivity index (χ0v) is 18.3. The number of benzene rings is 1. The number of nitrogens with zero attached hydrogens (tertiary/aromatic N) is 7. The van der Waals surface area contributed by atoms with Gasteiger partial charge in [-0.1, -0.05) is 12.5 Å². The van der Waals surface area contributed by atoms with Crippen LogP contribution >= 0.6 is 0 Å². The van der Waals surface area contributed by atoms with E-state index in [1.807, 2.05) is 4.57 Å². The highest BCUT2D eigenvalue weighted by Crippen LogP contribution is 2.37. The second-order valence-corrected chi connectivity index (χ2v) is 8.64. The van der Waals surface area contributed by atoms with Crippen molar-refractivity contribution in [1.82, 2.24) is 34.2 Å². The second kappa shape index (κ2) is 7.66. The lowest BCUT2D eigenvalue weighted by Gasteiger charge is -2.14. The molecule has 1 amide bonds. The first-order valence-corrected chi connectivity index (χ1v) is 11.1. The molecule has 0 unspecified atom stereocenters. The highest BCUT2D eigenvalue weighted by molar-refractivity contribution is 5.91. The van der Waals surface area contributed by atoms with E-state index < -0.39 is 5.82 Å². The van der Waals surface area contributed by atoms with Crippen molar-refractivity contribution in [1.29, 1.82) is 0 Å². The normalized spacial score (nSPS) is 17.8. The minimum Gasteiger partial charge on any atom is -0.383 e. The van der Waals surface area contributed by atoms with Gasteiger partial charge >= 0.3 is 0 Å². The molecule has 6 rings (SSSR count). The van der Waals surface area contributed by atoms with Gasteiger partial charge < -0.3 is 15.2 Å². The lowest BCUT2D eigenvalue weighted by Crippen LogP contribution is -2.27. The van der Waals surface area contributed by atoms with Crippen molar-refractivity contribution in [3.8, 4) is 11.8 Å².